The summed E-state index contributed by atoms with van der Waals surface area (Å²) in [5, 5.41) is 3.62. The lowest BCUT2D eigenvalue weighted by Crippen LogP contribution is -2.33. The minimum Gasteiger partial charge on any atom is -0.430 e. The molecule has 0 saturated carbocycles. The maximum Gasteiger partial charge on any atom is 0.297 e. The van der Waals surface area contributed by atoms with Gasteiger partial charge in [0.2, 0.25) is 17.2 Å². The Balaban J connectivity index is 1.36. The molecule has 0 unspecified atom stereocenters. The zero-order chi connectivity index (χ0) is 20.5. The third-order valence-corrected chi connectivity index (χ3v) is 5.61. The zero-order valence-electron chi connectivity index (χ0n) is 16.6. The van der Waals surface area contributed by atoms with Gasteiger partial charge in [-0.2, -0.15) is 0 Å². The minimum atomic E-state index is -0.366. The smallest absolute Gasteiger partial charge is 0.297 e. The van der Waals surface area contributed by atoms with Crippen LogP contribution in [0.3, 0.4) is 0 Å². The average molecular weight is 402 g/mol. The molecule has 3 heterocycles. The Kier molecular flexibility index (Phi) is 4.78. The third-order valence-electron chi connectivity index (χ3n) is 5.61. The number of nitrogens with one attached hydrogen (secondary N) is 1. The number of nitrogens with zero attached hydrogens (tertiary/aromatic N) is 3. The van der Waals surface area contributed by atoms with E-state index in [1.54, 1.807) is 0 Å². The standard InChI is InChI=1S/C23H22N4O3/c28-19(24-11-10-15-6-2-1-3-7-15)13-27-14-25-20-17-12-16-8-4-5-9-18(16)26-22(17)30-21(20)23(27)29/h1-3,6-7,12,14H,4-5,8-11,13H2,(H,24,28). The van der Waals surface area contributed by atoms with Crippen molar-refractivity contribution < 1.29 is 9.21 Å². The summed E-state index contributed by atoms with van der Waals surface area (Å²) in [4.78, 5) is 34.2. The van der Waals surface area contributed by atoms with Crippen LogP contribution in [0.5, 0.6) is 0 Å². The second-order valence-corrected chi connectivity index (χ2v) is 7.70. The van der Waals surface area contributed by atoms with E-state index in [1.165, 1.54) is 16.5 Å². The van der Waals surface area contributed by atoms with Crippen LogP contribution < -0.4 is 10.9 Å². The summed E-state index contributed by atoms with van der Waals surface area (Å²) in [5.41, 5.74) is 4.15. The van der Waals surface area contributed by atoms with Gasteiger partial charge in [0.05, 0.1) is 11.7 Å². The van der Waals surface area contributed by atoms with Crippen molar-refractivity contribution in [1.29, 1.82) is 0 Å². The van der Waals surface area contributed by atoms with Gasteiger partial charge in [0.1, 0.15) is 12.1 Å². The van der Waals surface area contributed by atoms with Gasteiger partial charge in [-0.1, -0.05) is 30.3 Å². The van der Waals surface area contributed by atoms with E-state index >= 15 is 0 Å². The predicted octanol–water partition coefficient (Wildman–Crippen LogP) is 2.78. The Morgan fingerprint density at radius 2 is 2.00 bits per heavy atom. The Hall–Kier alpha value is -3.48. The number of aromatic nitrogens is 3. The summed E-state index contributed by atoms with van der Waals surface area (Å²) in [6.07, 6.45) is 6.34. The lowest BCUT2D eigenvalue weighted by molar-refractivity contribution is -0.121. The molecular weight excluding hydrogens is 380 g/mol. The molecule has 1 aromatic carbocycles. The van der Waals surface area contributed by atoms with E-state index < -0.39 is 0 Å². The summed E-state index contributed by atoms with van der Waals surface area (Å²) in [6.45, 7) is 0.408. The number of amides is 1. The summed E-state index contributed by atoms with van der Waals surface area (Å²) >= 11 is 0. The molecule has 7 heteroatoms. The van der Waals surface area contributed by atoms with Crippen LogP contribution in [0.4, 0.5) is 0 Å². The molecule has 0 spiro atoms. The van der Waals surface area contributed by atoms with Crippen molar-refractivity contribution in [2.24, 2.45) is 0 Å². The highest BCUT2D eigenvalue weighted by atomic mass is 16.3. The van der Waals surface area contributed by atoms with Gasteiger partial charge < -0.3 is 9.73 Å². The number of hydrogen-bond donors (Lipinski definition) is 1. The molecule has 0 radical (unpaired) electrons. The van der Waals surface area contributed by atoms with Crippen molar-refractivity contribution in [3.63, 3.8) is 0 Å². The van der Waals surface area contributed by atoms with Gasteiger partial charge in [-0.3, -0.25) is 14.2 Å². The van der Waals surface area contributed by atoms with E-state index in [1.807, 2.05) is 30.3 Å². The maximum atomic E-state index is 12.9. The molecule has 30 heavy (non-hydrogen) atoms. The van der Waals surface area contributed by atoms with Gasteiger partial charge in [-0.15, -0.1) is 0 Å². The largest absolute Gasteiger partial charge is 0.430 e. The molecule has 7 nitrogen and oxygen atoms in total. The first-order chi connectivity index (χ1) is 14.7. The Labute approximate surface area is 172 Å². The van der Waals surface area contributed by atoms with Crippen molar-refractivity contribution in [1.82, 2.24) is 19.9 Å². The molecule has 0 atom stereocenters. The molecule has 3 aromatic heterocycles. The number of carbonyl (C=O) groups is 1. The van der Waals surface area contributed by atoms with Crippen LogP contribution in [0, 0.1) is 0 Å². The summed E-state index contributed by atoms with van der Waals surface area (Å²) in [5.74, 6) is -0.237. The van der Waals surface area contributed by atoms with Crippen molar-refractivity contribution in [3.8, 4) is 0 Å². The number of furan rings is 1. The van der Waals surface area contributed by atoms with Crippen molar-refractivity contribution in [3.05, 3.63) is 69.9 Å². The highest BCUT2D eigenvalue weighted by Gasteiger charge is 2.19. The van der Waals surface area contributed by atoms with E-state index in [9.17, 15) is 9.59 Å². The fourth-order valence-corrected chi connectivity index (χ4v) is 4.03. The highest BCUT2D eigenvalue weighted by Crippen LogP contribution is 2.29. The molecule has 5 rings (SSSR count). The zero-order valence-corrected chi connectivity index (χ0v) is 16.6. The lowest BCUT2D eigenvalue weighted by atomic mass is 9.95. The fourth-order valence-electron chi connectivity index (χ4n) is 4.03. The Morgan fingerprint density at radius 3 is 2.87 bits per heavy atom. The van der Waals surface area contributed by atoms with Crippen LogP contribution >= 0.6 is 0 Å². The molecule has 0 bridgehead atoms. The van der Waals surface area contributed by atoms with Crippen LogP contribution in [0.25, 0.3) is 22.2 Å². The van der Waals surface area contributed by atoms with Crippen LogP contribution in [0.1, 0.15) is 29.7 Å². The molecule has 1 aliphatic rings. The van der Waals surface area contributed by atoms with E-state index in [4.69, 9.17) is 4.42 Å². The second-order valence-electron chi connectivity index (χ2n) is 7.70. The quantitative estimate of drug-likeness (QED) is 0.554. The van der Waals surface area contributed by atoms with Crippen molar-refractivity contribution >= 4 is 28.1 Å². The molecule has 4 aromatic rings. The van der Waals surface area contributed by atoms with Crippen molar-refractivity contribution in [2.75, 3.05) is 6.54 Å². The number of rotatable bonds is 5. The number of hydrogen-bond acceptors (Lipinski definition) is 5. The first-order valence-electron chi connectivity index (χ1n) is 10.3. The molecule has 152 valence electrons. The van der Waals surface area contributed by atoms with Gasteiger partial charge in [-0.05, 0) is 49.3 Å². The third kappa shape index (κ3) is 3.47. The van der Waals surface area contributed by atoms with E-state index in [0.717, 1.165) is 48.7 Å². The normalized spacial score (nSPS) is 13.5. The SMILES string of the molecule is O=C(Cn1cnc2c(oc3nc4c(cc32)CCCC4)c1=O)NCCc1ccccc1. The minimum absolute atomic E-state index is 0.0997. The molecule has 0 saturated heterocycles. The van der Waals surface area contributed by atoms with Gasteiger partial charge in [0, 0.05) is 12.2 Å². The number of fused-ring (bicyclic) bond motifs is 4. The van der Waals surface area contributed by atoms with Crippen LogP contribution in [-0.2, 0) is 30.6 Å². The fraction of sp³-hybridized carbons (Fsp3) is 0.304. The topological polar surface area (TPSA) is 90.0 Å². The first kappa shape index (κ1) is 18.5. The summed E-state index contributed by atoms with van der Waals surface area (Å²) in [6, 6.07) is 12.0. The van der Waals surface area contributed by atoms with E-state index in [-0.39, 0.29) is 23.6 Å². The number of pyridine rings is 1. The van der Waals surface area contributed by atoms with E-state index in [2.05, 4.69) is 21.4 Å². The second kappa shape index (κ2) is 7.74. The van der Waals surface area contributed by atoms with Gasteiger partial charge in [-0.25, -0.2) is 9.97 Å². The van der Waals surface area contributed by atoms with Crippen LogP contribution in [0.2, 0.25) is 0 Å². The molecule has 0 fully saturated rings. The van der Waals surface area contributed by atoms with Gasteiger partial charge in [0.25, 0.3) is 5.56 Å². The first-order valence-corrected chi connectivity index (χ1v) is 10.3. The number of benzene rings is 1. The predicted molar refractivity (Wildman–Crippen MR) is 113 cm³/mol. The van der Waals surface area contributed by atoms with Crippen molar-refractivity contribution in [2.45, 2.75) is 38.6 Å². The highest BCUT2D eigenvalue weighted by molar-refractivity contribution is 6.00. The lowest BCUT2D eigenvalue weighted by Gasteiger charge is -2.13. The number of carbonyl (C=O) groups excluding carboxylic acids is 1. The average Bonchev–Trinajstić information content (AvgIpc) is 3.13. The maximum absolute atomic E-state index is 12.9. The van der Waals surface area contributed by atoms with Crippen LogP contribution in [-0.4, -0.2) is 27.0 Å². The summed E-state index contributed by atoms with van der Waals surface area (Å²) in [7, 11) is 0. The molecular formula is C23H22N4O3. The van der Waals surface area contributed by atoms with E-state index in [0.29, 0.717) is 17.8 Å². The number of aryl methyl sites for hydroxylation is 2. The Morgan fingerprint density at radius 1 is 1.17 bits per heavy atom. The van der Waals surface area contributed by atoms with Gasteiger partial charge in [0.15, 0.2) is 0 Å². The van der Waals surface area contributed by atoms with Crippen LogP contribution in [0.15, 0.2) is 51.9 Å². The molecule has 1 amide bonds. The van der Waals surface area contributed by atoms with Gasteiger partial charge >= 0.3 is 0 Å². The summed E-state index contributed by atoms with van der Waals surface area (Å²) < 4.78 is 7.05. The Bertz CT molecular complexity index is 1290. The molecule has 1 aliphatic carbocycles. The molecule has 0 aliphatic heterocycles. The monoisotopic (exact) mass is 402 g/mol. The molecule has 1 N–H and O–H groups in total.